The molecular formula is C23H19ClN2O3S. The topological polar surface area (TPSA) is 68.2 Å². The summed E-state index contributed by atoms with van der Waals surface area (Å²) in [7, 11) is -3.71. The number of hydrogen-bond donors (Lipinski definition) is 1. The van der Waals surface area contributed by atoms with Crippen molar-refractivity contribution in [2.24, 2.45) is 0 Å². The molecule has 152 valence electrons. The zero-order valence-corrected chi connectivity index (χ0v) is 17.5. The first-order valence-electron chi connectivity index (χ1n) is 9.35. The lowest BCUT2D eigenvalue weighted by Gasteiger charge is -2.08. The van der Waals surface area contributed by atoms with E-state index in [9.17, 15) is 13.2 Å². The molecule has 0 unspecified atom stereocenters. The molecule has 0 fully saturated rings. The fraction of sp³-hybridized carbons (Fsp3) is 0.0870. The Labute approximate surface area is 179 Å². The van der Waals surface area contributed by atoms with E-state index in [2.05, 4.69) is 5.32 Å². The lowest BCUT2D eigenvalue weighted by molar-refractivity contribution is -0.121. The molecule has 5 nitrogen and oxygen atoms in total. The van der Waals surface area contributed by atoms with E-state index in [1.807, 2.05) is 24.3 Å². The van der Waals surface area contributed by atoms with Gasteiger partial charge in [-0.2, -0.15) is 0 Å². The number of fused-ring (bicyclic) bond motifs is 1. The fourth-order valence-electron chi connectivity index (χ4n) is 3.33. The molecule has 4 rings (SSSR count). The molecule has 0 aliphatic rings. The number of carbonyl (C=O) groups is 1. The third-order valence-corrected chi connectivity index (χ3v) is 7.01. The first-order chi connectivity index (χ1) is 14.5. The van der Waals surface area contributed by atoms with E-state index in [-0.39, 0.29) is 22.2 Å². The Hall–Kier alpha value is -3.09. The predicted octanol–water partition coefficient (Wildman–Crippen LogP) is 4.44. The number of amides is 1. The molecule has 0 saturated carbocycles. The Kier molecular flexibility index (Phi) is 5.61. The van der Waals surface area contributed by atoms with Gasteiger partial charge in [0.2, 0.25) is 15.7 Å². The molecule has 0 aliphatic carbocycles. The Morgan fingerprint density at radius 2 is 1.57 bits per heavy atom. The van der Waals surface area contributed by atoms with Crippen LogP contribution in [0.2, 0.25) is 5.02 Å². The molecule has 0 atom stereocenters. The number of benzene rings is 3. The standard InChI is InChI=1S/C23H19ClN2O3S/c24-20-12-6-4-8-17(20)14-25-23(27)16-26-15-22(19-11-5-7-13-21(19)26)30(28,29)18-9-2-1-3-10-18/h1-13,15H,14,16H2,(H,25,27). The fourth-order valence-corrected chi connectivity index (χ4v) is 5.03. The van der Waals surface area contributed by atoms with Crippen molar-refractivity contribution in [3.63, 3.8) is 0 Å². The van der Waals surface area contributed by atoms with Crippen molar-refractivity contribution in [2.75, 3.05) is 0 Å². The second kappa shape index (κ2) is 8.34. The normalized spacial score (nSPS) is 11.5. The summed E-state index contributed by atoms with van der Waals surface area (Å²) in [6.07, 6.45) is 1.53. The van der Waals surface area contributed by atoms with Gasteiger partial charge in [-0.1, -0.05) is 66.2 Å². The van der Waals surface area contributed by atoms with E-state index in [1.165, 1.54) is 6.20 Å². The van der Waals surface area contributed by atoms with Crippen LogP contribution in [0.1, 0.15) is 5.56 Å². The minimum absolute atomic E-state index is 0.00469. The molecular weight excluding hydrogens is 420 g/mol. The van der Waals surface area contributed by atoms with Crippen LogP contribution in [0.25, 0.3) is 10.9 Å². The van der Waals surface area contributed by atoms with Crippen LogP contribution in [-0.2, 0) is 27.7 Å². The van der Waals surface area contributed by atoms with Crippen LogP contribution >= 0.6 is 11.6 Å². The molecule has 1 amide bonds. The van der Waals surface area contributed by atoms with Crippen molar-refractivity contribution in [3.8, 4) is 0 Å². The molecule has 1 N–H and O–H groups in total. The van der Waals surface area contributed by atoms with Gasteiger partial charge in [-0.15, -0.1) is 0 Å². The van der Waals surface area contributed by atoms with Crippen LogP contribution in [0.5, 0.6) is 0 Å². The van der Waals surface area contributed by atoms with E-state index in [4.69, 9.17) is 11.6 Å². The second-order valence-corrected chi connectivity index (χ2v) is 9.15. The molecule has 7 heteroatoms. The molecule has 0 spiro atoms. The number of nitrogens with one attached hydrogen (secondary N) is 1. The second-order valence-electron chi connectivity index (χ2n) is 6.82. The van der Waals surface area contributed by atoms with Gasteiger partial charge >= 0.3 is 0 Å². The summed E-state index contributed by atoms with van der Waals surface area (Å²) < 4.78 is 28.0. The molecule has 30 heavy (non-hydrogen) atoms. The van der Waals surface area contributed by atoms with Crippen molar-refractivity contribution in [3.05, 3.63) is 95.6 Å². The lowest BCUT2D eigenvalue weighted by Crippen LogP contribution is -2.27. The highest BCUT2D eigenvalue weighted by Crippen LogP contribution is 2.30. The zero-order chi connectivity index (χ0) is 21.1. The Morgan fingerprint density at radius 3 is 2.33 bits per heavy atom. The van der Waals surface area contributed by atoms with Gasteiger partial charge in [-0.3, -0.25) is 4.79 Å². The van der Waals surface area contributed by atoms with Gasteiger partial charge in [0.25, 0.3) is 0 Å². The minimum atomic E-state index is -3.71. The number of sulfone groups is 1. The van der Waals surface area contributed by atoms with Crippen LogP contribution in [0.4, 0.5) is 0 Å². The van der Waals surface area contributed by atoms with Gasteiger partial charge in [0, 0.05) is 28.7 Å². The highest BCUT2D eigenvalue weighted by molar-refractivity contribution is 7.91. The predicted molar refractivity (Wildman–Crippen MR) is 117 cm³/mol. The van der Waals surface area contributed by atoms with E-state index in [0.717, 1.165) is 5.56 Å². The van der Waals surface area contributed by atoms with Crippen molar-refractivity contribution in [1.29, 1.82) is 0 Å². The Morgan fingerprint density at radius 1 is 0.900 bits per heavy atom. The number of nitrogens with zero attached hydrogens (tertiary/aromatic N) is 1. The molecule has 0 saturated heterocycles. The highest BCUT2D eigenvalue weighted by atomic mass is 35.5. The van der Waals surface area contributed by atoms with E-state index in [0.29, 0.717) is 22.5 Å². The smallest absolute Gasteiger partial charge is 0.240 e. The Balaban J connectivity index is 1.63. The summed E-state index contributed by atoms with van der Waals surface area (Å²) in [6.45, 7) is 0.294. The average Bonchev–Trinajstić information content (AvgIpc) is 3.13. The number of hydrogen-bond acceptors (Lipinski definition) is 3. The van der Waals surface area contributed by atoms with Crippen LogP contribution in [0.3, 0.4) is 0 Å². The molecule has 3 aromatic carbocycles. The van der Waals surface area contributed by atoms with Crippen LogP contribution in [0, 0.1) is 0 Å². The quantitative estimate of drug-likeness (QED) is 0.483. The molecule has 0 radical (unpaired) electrons. The summed E-state index contributed by atoms with van der Waals surface area (Å²) in [5, 5.41) is 4.01. The van der Waals surface area contributed by atoms with E-state index < -0.39 is 9.84 Å². The lowest BCUT2D eigenvalue weighted by atomic mass is 10.2. The zero-order valence-electron chi connectivity index (χ0n) is 16.0. The largest absolute Gasteiger partial charge is 0.350 e. The summed E-state index contributed by atoms with van der Waals surface area (Å²) in [5.74, 6) is -0.237. The maximum absolute atomic E-state index is 13.2. The summed E-state index contributed by atoms with van der Waals surface area (Å²) in [4.78, 5) is 12.9. The first-order valence-corrected chi connectivity index (χ1v) is 11.2. The number of para-hydroxylation sites is 1. The summed E-state index contributed by atoms with van der Waals surface area (Å²) >= 11 is 6.13. The molecule has 0 aliphatic heterocycles. The molecule has 4 aromatic rings. The first kappa shape index (κ1) is 20.2. The Bertz CT molecular complexity index is 1310. The summed E-state index contributed by atoms with van der Waals surface area (Å²) in [5.41, 5.74) is 1.50. The molecule has 1 aromatic heterocycles. The third kappa shape index (κ3) is 3.97. The van der Waals surface area contributed by atoms with Gasteiger partial charge < -0.3 is 9.88 Å². The monoisotopic (exact) mass is 438 g/mol. The van der Waals surface area contributed by atoms with Gasteiger partial charge in [0.05, 0.1) is 9.79 Å². The van der Waals surface area contributed by atoms with Gasteiger partial charge in [-0.05, 0) is 29.8 Å². The maximum atomic E-state index is 13.2. The van der Waals surface area contributed by atoms with Crippen LogP contribution < -0.4 is 5.32 Å². The average molecular weight is 439 g/mol. The highest BCUT2D eigenvalue weighted by Gasteiger charge is 2.23. The number of carbonyl (C=O) groups excluding carboxylic acids is 1. The molecule has 1 heterocycles. The number of rotatable bonds is 6. The number of halogens is 1. The molecule has 0 bridgehead atoms. The SMILES string of the molecule is O=C(Cn1cc(S(=O)(=O)c2ccccc2)c2ccccc21)NCc1ccccc1Cl. The minimum Gasteiger partial charge on any atom is -0.350 e. The van der Waals surface area contributed by atoms with Crippen molar-refractivity contribution < 1.29 is 13.2 Å². The number of aromatic nitrogens is 1. The maximum Gasteiger partial charge on any atom is 0.240 e. The summed E-state index contributed by atoms with van der Waals surface area (Å²) in [6, 6.07) is 22.7. The van der Waals surface area contributed by atoms with Gasteiger partial charge in [-0.25, -0.2) is 8.42 Å². The van der Waals surface area contributed by atoms with Crippen molar-refractivity contribution in [1.82, 2.24) is 9.88 Å². The van der Waals surface area contributed by atoms with Crippen LogP contribution in [0.15, 0.2) is 94.9 Å². The van der Waals surface area contributed by atoms with Crippen molar-refractivity contribution >= 4 is 38.2 Å². The van der Waals surface area contributed by atoms with E-state index >= 15 is 0 Å². The van der Waals surface area contributed by atoms with E-state index in [1.54, 1.807) is 59.2 Å². The van der Waals surface area contributed by atoms with Crippen molar-refractivity contribution in [2.45, 2.75) is 22.9 Å². The van der Waals surface area contributed by atoms with Crippen LogP contribution in [-0.4, -0.2) is 18.9 Å². The van der Waals surface area contributed by atoms with Gasteiger partial charge in [0.1, 0.15) is 6.54 Å². The third-order valence-electron chi connectivity index (χ3n) is 4.84. The van der Waals surface area contributed by atoms with Gasteiger partial charge in [0.15, 0.2) is 0 Å².